The molecule has 1 nitrogen and oxygen atoms in total. The van der Waals surface area contributed by atoms with Crippen LogP contribution >= 0.6 is 11.3 Å². The third-order valence-corrected chi connectivity index (χ3v) is 3.31. The molecule has 1 heterocycles. The molecule has 72 valence electrons. The van der Waals surface area contributed by atoms with Crippen LogP contribution < -0.4 is 0 Å². The van der Waals surface area contributed by atoms with Crippen LogP contribution in [0.2, 0.25) is 0 Å². The SMILES string of the molecule is C/C=C/c1cccc2sc(CC)nc12. The van der Waals surface area contributed by atoms with E-state index in [-0.39, 0.29) is 0 Å². The summed E-state index contributed by atoms with van der Waals surface area (Å²) in [5.41, 5.74) is 2.37. The standard InChI is InChI=1S/C12H13NS/c1-3-6-9-7-5-8-10-12(9)13-11(4-2)14-10/h3,5-8H,4H2,1-2H3/b6-3+. The summed E-state index contributed by atoms with van der Waals surface area (Å²) in [4.78, 5) is 4.62. The minimum atomic E-state index is 1.02. The lowest BCUT2D eigenvalue weighted by Crippen LogP contribution is -1.78. The minimum Gasteiger partial charge on any atom is -0.241 e. The first-order valence-electron chi connectivity index (χ1n) is 4.86. The Morgan fingerprint density at radius 3 is 3.00 bits per heavy atom. The van der Waals surface area contributed by atoms with Crippen LogP contribution in [0.25, 0.3) is 16.3 Å². The Kier molecular flexibility index (Phi) is 2.64. The van der Waals surface area contributed by atoms with Crippen LogP contribution in [-0.2, 0) is 6.42 Å². The lowest BCUT2D eigenvalue weighted by Gasteiger charge is -1.93. The van der Waals surface area contributed by atoms with Gasteiger partial charge >= 0.3 is 0 Å². The summed E-state index contributed by atoms with van der Waals surface area (Å²) >= 11 is 1.79. The van der Waals surface area contributed by atoms with Crippen molar-refractivity contribution in [3.8, 4) is 0 Å². The molecule has 0 unspecified atom stereocenters. The van der Waals surface area contributed by atoms with Crippen molar-refractivity contribution < 1.29 is 0 Å². The normalized spacial score (nSPS) is 11.6. The Hall–Kier alpha value is -1.15. The maximum atomic E-state index is 4.62. The van der Waals surface area contributed by atoms with Gasteiger partial charge < -0.3 is 0 Å². The van der Waals surface area contributed by atoms with Gasteiger partial charge in [-0.15, -0.1) is 11.3 Å². The highest BCUT2D eigenvalue weighted by molar-refractivity contribution is 7.18. The molecule has 0 aliphatic heterocycles. The van der Waals surface area contributed by atoms with Gasteiger partial charge in [0.05, 0.1) is 15.2 Å². The second-order valence-electron chi connectivity index (χ2n) is 3.16. The second-order valence-corrected chi connectivity index (χ2v) is 4.27. The molecule has 2 heteroatoms. The van der Waals surface area contributed by atoms with E-state index in [4.69, 9.17) is 0 Å². The fraction of sp³-hybridized carbons (Fsp3) is 0.250. The zero-order valence-electron chi connectivity index (χ0n) is 8.45. The molecule has 1 aromatic carbocycles. The number of rotatable bonds is 2. The van der Waals surface area contributed by atoms with E-state index in [0.717, 1.165) is 11.9 Å². The molecule has 0 N–H and O–H groups in total. The van der Waals surface area contributed by atoms with Gasteiger partial charge in [0.15, 0.2) is 0 Å². The monoisotopic (exact) mass is 203 g/mol. The first kappa shape index (κ1) is 9.41. The molecule has 0 atom stereocenters. The fourth-order valence-corrected chi connectivity index (χ4v) is 2.42. The molecule has 0 saturated heterocycles. The number of aromatic nitrogens is 1. The number of benzene rings is 1. The largest absolute Gasteiger partial charge is 0.241 e. The van der Waals surface area contributed by atoms with Gasteiger partial charge in [-0.2, -0.15) is 0 Å². The van der Waals surface area contributed by atoms with E-state index in [1.165, 1.54) is 15.3 Å². The summed E-state index contributed by atoms with van der Waals surface area (Å²) in [5, 5.41) is 1.22. The Labute approximate surface area is 88.1 Å². The van der Waals surface area contributed by atoms with E-state index in [1.807, 2.05) is 6.92 Å². The molecule has 14 heavy (non-hydrogen) atoms. The van der Waals surface area contributed by atoms with Gasteiger partial charge in [-0.05, 0) is 19.4 Å². The molecule has 0 spiro atoms. The molecule has 0 aliphatic carbocycles. The number of hydrogen-bond donors (Lipinski definition) is 0. The second kappa shape index (κ2) is 3.93. The Morgan fingerprint density at radius 2 is 2.29 bits per heavy atom. The van der Waals surface area contributed by atoms with Crippen molar-refractivity contribution in [2.75, 3.05) is 0 Å². The topological polar surface area (TPSA) is 12.9 Å². The van der Waals surface area contributed by atoms with Crippen molar-refractivity contribution in [2.45, 2.75) is 20.3 Å². The average molecular weight is 203 g/mol. The molecule has 1 aromatic heterocycles. The maximum Gasteiger partial charge on any atom is 0.0936 e. The number of thiazole rings is 1. The van der Waals surface area contributed by atoms with Gasteiger partial charge in [0.2, 0.25) is 0 Å². The van der Waals surface area contributed by atoms with Gasteiger partial charge in [0.25, 0.3) is 0 Å². The predicted molar refractivity (Wildman–Crippen MR) is 63.7 cm³/mol. The molecule has 0 amide bonds. The van der Waals surface area contributed by atoms with Crippen LogP contribution in [0.15, 0.2) is 24.3 Å². The molecule has 2 rings (SSSR count). The Balaban J connectivity index is 2.66. The van der Waals surface area contributed by atoms with Gasteiger partial charge in [-0.3, -0.25) is 0 Å². The van der Waals surface area contributed by atoms with Crippen LogP contribution in [0.1, 0.15) is 24.4 Å². The molecule has 0 saturated carbocycles. The molecular weight excluding hydrogens is 190 g/mol. The van der Waals surface area contributed by atoms with Crippen molar-refractivity contribution in [1.82, 2.24) is 4.98 Å². The fourth-order valence-electron chi connectivity index (χ4n) is 1.48. The first-order chi connectivity index (χ1) is 6.85. The van der Waals surface area contributed by atoms with E-state index in [1.54, 1.807) is 11.3 Å². The van der Waals surface area contributed by atoms with Gasteiger partial charge in [-0.25, -0.2) is 4.98 Å². The summed E-state index contributed by atoms with van der Waals surface area (Å²) in [7, 11) is 0. The predicted octanol–water partition coefficient (Wildman–Crippen LogP) is 3.89. The highest BCUT2D eigenvalue weighted by Gasteiger charge is 2.04. The lowest BCUT2D eigenvalue weighted by atomic mass is 10.2. The number of aryl methyl sites for hydroxylation is 1. The molecule has 0 fully saturated rings. The van der Waals surface area contributed by atoms with Gasteiger partial charge in [0.1, 0.15) is 0 Å². The lowest BCUT2D eigenvalue weighted by molar-refractivity contribution is 1.11. The van der Waals surface area contributed by atoms with E-state index in [2.05, 4.69) is 42.3 Å². The summed E-state index contributed by atoms with van der Waals surface area (Å²) < 4.78 is 1.29. The zero-order valence-corrected chi connectivity index (χ0v) is 9.27. The van der Waals surface area contributed by atoms with Crippen LogP contribution in [0.4, 0.5) is 0 Å². The molecule has 0 bridgehead atoms. The number of hydrogen-bond acceptors (Lipinski definition) is 2. The Morgan fingerprint density at radius 1 is 1.43 bits per heavy atom. The number of para-hydroxylation sites is 1. The number of nitrogens with zero attached hydrogens (tertiary/aromatic N) is 1. The van der Waals surface area contributed by atoms with Gasteiger partial charge in [0, 0.05) is 5.56 Å². The van der Waals surface area contributed by atoms with Crippen LogP contribution in [-0.4, -0.2) is 4.98 Å². The molecule has 0 radical (unpaired) electrons. The Bertz CT molecular complexity index is 468. The molecule has 0 aliphatic rings. The van der Waals surface area contributed by atoms with E-state index < -0.39 is 0 Å². The summed E-state index contributed by atoms with van der Waals surface area (Å²) in [5.74, 6) is 0. The average Bonchev–Trinajstić information content (AvgIpc) is 2.62. The van der Waals surface area contributed by atoms with Crippen molar-refractivity contribution in [2.24, 2.45) is 0 Å². The summed E-state index contributed by atoms with van der Waals surface area (Å²) in [6, 6.07) is 6.34. The van der Waals surface area contributed by atoms with Crippen molar-refractivity contribution in [1.29, 1.82) is 0 Å². The van der Waals surface area contributed by atoms with Crippen molar-refractivity contribution in [3.63, 3.8) is 0 Å². The van der Waals surface area contributed by atoms with E-state index in [9.17, 15) is 0 Å². The molecule has 2 aromatic rings. The van der Waals surface area contributed by atoms with Crippen molar-refractivity contribution in [3.05, 3.63) is 34.8 Å². The minimum absolute atomic E-state index is 1.02. The number of allylic oxidation sites excluding steroid dienone is 1. The maximum absolute atomic E-state index is 4.62. The van der Waals surface area contributed by atoms with Crippen molar-refractivity contribution >= 4 is 27.6 Å². The van der Waals surface area contributed by atoms with Crippen LogP contribution in [0, 0.1) is 0 Å². The quantitative estimate of drug-likeness (QED) is 0.721. The van der Waals surface area contributed by atoms with E-state index in [0.29, 0.717) is 0 Å². The number of fused-ring (bicyclic) bond motifs is 1. The summed E-state index contributed by atoms with van der Waals surface area (Å²) in [6.07, 6.45) is 5.19. The third kappa shape index (κ3) is 1.58. The zero-order chi connectivity index (χ0) is 9.97. The third-order valence-electron chi connectivity index (χ3n) is 2.14. The highest BCUT2D eigenvalue weighted by Crippen LogP contribution is 2.25. The highest BCUT2D eigenvalue weighted by atomic mass is 32.1. The summed E-state index contributed by atoms with van der Waals surface area (Å²) in [6.45, 7) is 4.18. The van der Waals surface area contributed by atoms with E-state index >= 15 is 0 Å². The van der Waals surface area contributed by atoms with Crippen LogP contribution in [0.5, 0.6) is 0 Å². The smallest absolute Gasteiger partial charge is 0.0936 e. The van der Waals surface area contributed by atoms with Crippen LogP contribution in [0.3, 0.4) is 0 Å². The van der Waals surface area contributed by atoms with Gasteiger partial charge in [-0.1, -0.05) is 31.2 Å². The first-order valence-corrected chi connectivity index (χ1v) is 5.68. The molecular formula is C12H13NS.